The second-order valence-electron chi connectivity index (χ2n) is 7.10. The first-order valence-electron chi connectivity index (χ1n) is 8.05. The Hall–Kier alpha value is -1.81. The Morgan fingerprint density at radius 1 is 1.17 bits per heavy atom. The first-order chi connectivity index (χ1) is 10.9. The predicted octanol–water partition coefficient (Wildman–Crippen LogP) is 4.83. The number of hydrogen-bond acceptors (Lipinski definition) is 4. The van der Waals surface area contributed by atoms with Crippen LogP contribution in [0.2, 0.25) is 5.02 Å². The summed E-state index contributed by atoms with van der Waals surface area (Å²) in [7, 11) is 0. The summed E-state index contributed by atoms with van der Waals surface area (Å²) in [5.74, 6) is 2.11. The SMILES string of the molecule is CC(C)(C)Nc1nc(NCc2ccccc2Cl)cc(C2CC2)n1. The van der Waals surface area contributed by atoms with Crippen LogP contribution in [0.15, 0.2) is 30.3 Å². The molecule has 122 valence electrons. The van der Waals surface area contributed by atoms with Crippen LogP contribution < -0.4 is 10.6 Å². The summed E-state index contributed by atoms with van der Waals surface area (Å²) < 4.78 is 0. The van der Waals surface area contributed by atoms with Gasteiger partial charge in [0.2, 0.25) is 5.95 Å². The van der Waals surface area contributed by atoms with Gasteiger partial charge >= 0.3 is 0 Å². The topological polar surface area (TPSA) is 49.8 Å². The van der Waals surface area contributed by atoms with Gasteiger partial charge in [-0.25, -0.2) is 4.98 Å². The molecule has 2 aromatic rings. The van der Waals surface area contributed by atoms with Gasteiger partial charge in [-0.2, -0.15) is 4.98 Å². The largest absolute Gasteiger partial charge is 0.366 e. The van der Waals surface area contributed by atoms with E-state index >= 15 is 0 Å². The smallest absolute Gasteiger partial charge is 0.225 e. The lowest BCUT2D eigenvalue weighted by Crippen LogP contribution is -2.27. The molecular weight excluding hydrogens is 308 g/mol. The van der Waals surface area contributed by atoms with E-state index in [9.17, 15) is 0 Å². The van der Waals surface area contributed by atoms with Crippen LogP contribution in [0.5, 0.6) is 0 Å². The van der Waals surface area contributed by atoms with Crippen LogP contribution in [-0.2, 0) is 6.54 Å². The summed E-state index contributed by atoms with van der Waals surface area (Å²) in [5, 5.41) is 7.51. The molecule has 0 aliphatic heterocycles. The van der Waals surface area contributed by atoms with Crippen LogP contribution in [0.3, 0.4) is 0 Å². The van der Waals surface area contributed by atoms with Crippen molar-refractivity contribution >= 4 is 23.4 Å². The highest BCUT2D eigenvalue weighted by Crippen LogP contribution is 2.40. The van der Waals surface area contributed by atoms with Crippen LogP contribution >= 0.6 is 11.6 Å². The first-order valence-corrected chi connectivity index (χ1v) is 8.43. The molecule has 0 radical (unpaired) electrons. The maximum Gasteiger partial charge on any atom is 0.225 e. The fourth-order valence-electron chi connectivity index (χ4n) is 2.36. The molecule has 0 amide bonds. The number of hydrogen-bond donors (Lipinski definition) is 2. The fraction of sp³-hybridized carbons (Fsp3) is 0.444. The number of halogens is 1. The van der Waals surface area contributed by atoms with E-state index in [0.29, 0.717) is 18.4 Å². The van der Waals surface area contributed by atoms with E-state index in [0.717, 1.165) is 22.1 Å². The Morgan fingerprint density at radius 2 is 1.91 bits per heavy atom. The molecule has 5 heteroatoms. The summed E-state index contributed by atoms with van der Waals surface area (Å²) in [6, 6.07) is 9.91. The summed E-state index contributed by atoms with van der Waals surface area (Å²) >= 11 is 6.22. The molecule has 0 saturated heterocycles. The minimum atomic E-state index is -0.0673. The molecule has 4 nitrogen and oxygen atoms in total. The molecule has 1 aliphatic rings. The van der Waals surface area contributed by atoms with Crippen molar-refractivity contribution in [3.05, 3.63) is 46.6 Å². The fourth-order valence-corrected chi connectivity index (χ4v) is 2.57. The van der Waals surface area contributed by atoms with Crippen molar-refractivity contribution in [3.63, 3.8) is 0 Å². The van der Waals surface area contributed by atoms with Crippen LogP contribution in [0.25, 0.3) is 0 Å². The van der Waals surface area contributed by atoms with E-state index in [4.69, 9.17) is 11.6 Å². The predicted molar refractivity (Wildman–Crippen MR) is 96.2 cm³/mol. The third-order valence-corrected chi connectivity index (χ3v) is 4.01. The van der Waals surface area contributed by atoms with Crippen molar-refractivity contribution in [2.45, 2.75) is 51.6 Å². The summed E-state index contributed by atoms with van der Waals surface area (Å²) in [6.45, 7) is 6.97. The lowest BCUT2D eigenvalue weighted by atomic mass is 10.1. The van der Waals surface area contributed by atoms with Crippen molar-refractivity contribution in [1.29, 1.82) is 0 Å². The zero-order chi connectivity index (χ0) is 16.4. The van der Waals surface area contributed by atoms with Crippen molar-refractivity contribution in [2.24, 2.45) is 0 Å². The van der Waals surface area contributed by atoms with Crippen LogP contribution in [0.4, 0.5) is 11.8 Å². The van der Waals surface area contributed by atoms with E-state index in [1.165, 1.54) is 12.8 Å². The zero-order valence-electron chi connectivity index (χ0n) is 13.9. The normalized spacial score (nSPS) is 14.6. The Balaban J connectivity index is 1.79. The molecule has 0 spiro atoms. The van der Waals surface area contributed by atoms with Gasteiger partial charge in [0.15, 0.2) is 0 Å². The summed E-state index contributed by atoms with van der Waals surface area (Å²) in [4.78, 5) is 9.26. The highest BCUT2D eigenvalue weighted by atomic mass is 35.5. The molecule has 1 aromatic heterocycles. The average Bonchev–Trinajstić information content (AvgIpc) is 3.29. The van der Waals surface area contributed by atoms with Crippen LogP contribution in [0.1, 0.15) is 50.8 Å². The molecule has 1 aromatic carbocycles. The van der Waals surface area contributed by atoms with Gasteiger partial charge in [0.1, 0.15) is 5.82 Å². The number of aromatic nitrogens is 2. The summed E-state index contributed by atoms with van der Waals surface area (Å²) in [6.07, 6.45) is 2.44. The van der Waals surface area contributed by atoms with Gasteiger partial charge in [0, 0.05) is 29.1 Å². The molecular formula is C18H23ClN4. The van der Waals surface area contributed by atoms with Crippen molar-refractivity contribution in [2.75, 3.05) is 10.6 Å². The van der Waals surface area contributed by atoms with E-state index in [-0.39, 0.29) is 5.54 Å². The molecule has 2 N–H and O–H groups in total. The lowest BCUT2D eigenvalue weighted by molar-refractivity contribution is 0.625. The van der Waals surface area contributed by atoms with Gasteiger partial charge in [-0.05, 0) is 45.2 Å². The molecule has 3 rings (SSSR count). The molecule has 0 bridgehead atoms. The molecule has 1 heterocycles. The number of nitrogens with one attached hydrogen (secondary N) is 2. The molecule has 1 fully saturated rings. The van der Waals surface area contributed by atoms with E-state index < -0.39 is 0 Å². The highest BCUT2D eigenvalue weighted by molar-refractivity contribution is 6.31. The third-order valence-electron chi connectivity index (χ3n) is 3.65. The Labute approximate surface area is 142 Å². The quantitative estimate of drug-likeness (QED) is 0.824. The van der Waals surface area contributed by atoms with Gasteiger partial charge in [0.05, 0.1) is 5.69 Å². The Bertz CT molecular complexity index is 690. The molecule has 23 heavy (non-hydrogen) atoms. The van der Waals surface area contributed by atoms with Crippen LogP contribution in [-0.4, -0.2) is 15.5 Å². The van der Waals surface area contributed by atoms with E-state index in [1.54, 1.807) is 0 Å². The van der Waals surface area contributed by atoms with Crippen molar-refractivity contribution < 1.29 is 0 Å². The van der Waals surface area contributed by atoms with Crippen molar-refractivity contribution in [1.82, 2.24) is 9.97 Å². The Kier molecular flexibility index (Phi) is 4.44. The molecule has 0 atom stereocenters. The lowest BCUT2D eigenvalue weighted by Gasteiger charge is -2.21. The summed E-state index contributed by atoms with van der Waals surface area (Å²) in [5.41, 5.74) is 2.11. The zero-order valence-corrected chi connectivity index (χ0v) is 14.6. The highest BCUT2D eigenvalue weighted by Gasteiger charge is 2.26. The number of nitrogens with zero attached hydrogens (tertiary/aromatic N) is 2. The van der Waals surface area contributed by atoms with Gasteiger partial charge in [0.25, 0.3) is 0 Å². The molecule has 1 saturated carbocycles. The van der Waals surface area contributed by atoms with E-state index in [2.05, 4.69) is 47.4 Å². The average molecular weight is 331 g/mol. The second kappa shape index (κ2) is 6.36. The second-order valence-corrected chi connectivity index (χ2v) is 7.50. The maximum atomic E-state index is 6.22. The van der Waals surface area contributed by atoms with Gasteiger partial charge in [-0.3, -0.25) is 0 Å². The number of benzene rings is 1. The number of anilines is 2. The van der Waals surface area contributed by atoms with Gasteiger partial charge in [-0.1, -0.05) is 29.8 Å². The van der Waals surface area contributed by atoms with E-state index in [1.807, 2.05) is 24.3 Å². The van der Waals surface area contributed by atoms with Crippen LogP contribution in [0, 0.1) is 0 Å². The standard InChI is InChI=1S/C18H23ClN4/c1-18(2,3)23-17-21-15(12-8-9-12)10-16(22-17)20-11-13-6-4-5-7-14(13)19/h4-7,10,12H,8-9,11H2,1-3H3,(H2,20,21,22,23). The van der Waals surface area contributed by atoms with Gasteiger partial charge < -0.3 is 10.6 Å². The maximum absolute atomic E-state index is 6.22. The number of rotatable bonds is 5. The third kappa shape index (κ3) is 4.58. The first kappa shape index (κ1) is 16.1. The van der Waals surface area contributed by atoms with Crippen molar-refractivity contribution in [3.8, 4) is 0 Å². The van der Waals surface area contributed by atoms with Gasteiger partial charge in [-0.15, -0.1) is 0 Å². The molecule has 0 unspecified atom stereocenters. The minimum absolute atomic E-state index is 0.0673. The Morgan fingerprint density at radius 3 is 2.57 bits per heavy atom. The molecule has 1 aliphatic carbocycles. The monoisotopic (exact) mass is 330 g/mol. The minimum Gasteiger partial charge on any atom is -0.366 e.